The molecule has 0 aliphatic heterocycles. The molecule has 3 nitrogen and oxygen atoms in total. The third-order valence-corrected chi connectivity index (χ3v) is 3.12. The lowest BCUT2D eigenvalue weighted by molar-refractivity contribution is 0.196. The number of hydrogen-bond acceptors (Lipinski definition) is 2. The van der Waals surface area contributed by atoms with Gasteiger partial charge in [-0.3, -0.25) is 0 Å². The highest BCUT2D eigenvalue weighted by molar-refractivity contribution is 7.80. The Hall–Kier alpha value is -1.13. The van der Waals surface area contributed by atoms with Crippen LogP contribution in [0, 0.1) is 0 Å². The largest absolute Gasteiger partial charge is 0.385 e. The smallest absolute Gasteiger partial charge is 0.170 e. The van der Waals surface area contributed by atoms with E-state index in [4.69, 9.17) is 17.0 Å². The Morgan fingerprint density at radius 1 is 1.26 bits per heavy atom. The summed E-state index contributed by atoms with van der Waals surface area (Å²) in [4.78, 5) is 0. The molecule has 106 valence electrons. The molecule has 0 aliphatic carbocycles. The summed E-state index contributed by atoms with van der Waals surface area (Å²) < 4.78 is 5.00. The SMILES string of the molecule is CCCCc1ccccc1NC(=S)NCCCOC. The number of ether oxygens (including phenoxy) is 1. The lowest BCUT2D eigenvalue weighted by atomic mass is 10.1. The molecule has 1 aromatic carbocycles. The van der Waals surface area contributed by atoms with Crippen LogP contribution in [0.1, 0.15) is 31.7 Å². The van der Waals surface area contributed by atoms with E-state index >= 15 is 0 Å². The van der Waals surface area contributed by atoms with Crippen molar-refractivity contribution in [3.8, 4) is 0 Å². The number of aryl methyl sites for hydroxylation is 1. The van der Waals surface area contributed by atoms with Crippen molar-refractivity contribution in [3.05, 3.63) is 29.8 Å². The molecule has 1 rings (SSSR count). The van der Waals surface area contributed by atoms with E-state index in [1.165, 1.54) is 18.4 Å². The number of hydrogen-bond donors (Lipinski definition) is 2. The number of methoxy groups -OCH3 is 1. The van der Waals surface area contributed by atoms with Gasteiger partial charge < -0.3 is 15.4 Å². The van der Waals surface area contributed by atoms with Crippen molar-refractivity contribution in [1.82, 2.24) is 5.32 Å². The van der Waals surface area contributed by atoms with Crippen LogP contribution in [0.25, 0.3) is 0 Å². The van der Waals surface area contributed by atoms with Crippen molar-refractivity contribution in [2.24, 2.45) is 0 Å². The standard InChI is InChI=1S/C15H24N2OS/c1-3-4-8-13-9-5-6-10-14(13)17-15(19)16-11-7-12-18-2/h5-6,9-10H,3-4,7-8,11-12H2,1-2H3,(H2,16,17,19). The third-order valence-electron chi connectivity index (χ3n) is 2.88. The van der Waals surface area contributed by atoms with E-state index < -0.39 is 0 Å². The molecule has 2 N–H and O–H groups in total. The summed E-state index contributed by atoms with van der Waals surface area (Å²) in [6, 6.07) is 8.34. The van der Waals surface area contributed by atoms with Crippen LogP contribution in [0.4, 0.5) is 5.69 Å². The van der Waals surface area contributed by atoms with Gasteiger partial charge in [-0.2, -0.15) is 0 Å². The Bertz CT molecular complexity index is 382. The molecule has 0 amide bonds. The number of rotatable bonds is 8. The van der Waals surface area contributed by atoms with Gasteiger partial charge in [-0.05, 0) is 43.1 Å². The molecule has 4 heteroatoms. The topological polar surface area (TPSA) is 33.3 Å². The summed E-state index contributed by atoms with van der Waals surface area (Å²) in [6.45, 7) is 3.79. The van der Waals surface area contributed by atoms with E-state index in [0.29, 0.717) is 5.11 Å². The summed E-state index contributed by atoms with van der Waals surface area (Å²) in [5.74, 6) is 0. The van der Waals surface area contributed by atoms with Gasteiger partial charge in [0.25, 0.3) is 0 Å². The number of nitrogens with one attached hydrogen (secondary N) is 2. The third kappa shape index (κ3) is 6.55. The monoisotopic (exact) mass is 280 g/mol. The van der Waals surface area contributed by atoms with Crippen LogP contribution < -0.4 is 10.6 Å². The molecule has 0 saturated carbocycles. The Morgan fingerprint density at radius 2 is 2.05 bits per heavy atom. The summed E-state index contributed by atoms with van der Waals surface area (Å²) in [6.07, 6.45) is 4.45. The highest BCUT2D eigenvalue weighted by atomic mass is 32.1. The first-order chi connectivity index (χ1) is 9.27. The van der Waals surface area contributed by atoms with Gasteiger partial charge in [0.1, 0.15) is 0 Å². The van der Waals surface area contributed by atoms with Gasteiger partial charge in [-0.25, -0.2) is 0 Å². The van der Waals surface area contributed by atoms with Gasteiger partial charge in [0.2, 0.25) is 0 Å². The second-order valence-electron chi connectivity index (χ2n) is 4.49. The van der Waals surface area contributed by atoms with Crippen LogP contribution in [0.2, 0.25) is 0 Å². The van der Waals surface area contributed by atoms with Crippen LogP contribution in [0.15, 0.2) is 24.3 Å². The second kappa shape index (κ2) is 9.75. The maximum atomic E-state index is 5.29. The maximum absolute atomic E-state index is 5.29. The van der Waals surface area contributed by atoms with E-state index in [1.54, 1.807) is 7.11 Å². The number of para-hydroxylation sites is 1. The molecule has 0 radical (unpaired) electrons. The van der Waals surface area contributed by atoms with E-state index in [-0.39, 0.29) is 0 Å². The predicted octanol–water partition coefficient (Wildman–Crippen LogP) is 3.35. The van der Waals surface area contributed by atoms with Crippen LogP contribution in [-0.4, -0.2) is 25.4 Å². The first kappa shape index (κ1) is 15.9. The minimum Gasteiger partial charge on any atom is -0.385 e. The fraction of sp³-hybridized carbons (Fsp3) is 0.533. The zero-order valence-corrected chi connectivity index (χ0v) is 12.7. The molecule has 0 fully saturated rings. The molecule has 0 spiro atoms. The molecule has 0 aliphatic rings. The van der Waals surface area contributed by atoms with Gasteiger partial charge >= 0.3 is 0 Å². The maximum Gasteiger partial charge on any atom is 0.170 e. The molecule has 19 heavy (non-hydrogen) atoms. The summed E-state index contributed by atoms with van der Waals surface area (Å²) in [5.41, 5.74) is 2.44. The van der Waals surface area contributed by atoms with Crippen LogP contribution in [0.3, 0.4) is 0 Å². The zero-order chi connectivity index (χ0) is 13.9. The molecule has 1 aromatic rings. The first-order valence-electron chi connectivity index (χ1n) is 6.89. The lowest BCUT2D eigenvalue weighted by Crippen LogP contribution is -2.30. The quantitative estimate of drug-likeness (QED) is 0.565. The van der Waals surface area contributed by atoms with Gasteiger partial charge in [0, 0.05) is 25.9 Å². The van der Waals surface area contributed by atoms with E-state index in [1.807, 2.05) is 6.07 Å². The van der Waals surface area contributed by atoms with Crippen molar-refractivity contribution in [2.45, 2.75) is 32.6 Å². The average molecular weight is 280 g/mol. The molecule has 0 atom stereocenters. The highest BCUT2D eigenvalue weighted by Gasteiger charge is 2.03. The van der Waals surface area contributed by atoms with Crippen molar-refractivity contribution in [3.63, 3.8) is 0 Å². The number of thiocarbonyl (C=S) groups is 1. The van der Waals surface area contributed by atoms with Crippen molar-refractivity contribution in [1.29, 1.82) is 0 Å². The summed E-state index contributed by atoms with van der Waals surface area (Å²) >= 11 is 5.29. The van der Waals surface area contributed by atoms with Crippen LogP contribution >= 0.6 is 12.2 Å². The van der Waals surface area contributed by atoms with Gasteiger partial charge in [-0.1, -0.05) is 31.5 Å². The number of anilines is 1. The molecule has 0 aromatic heterocycles. The van der Waals surface area contributed by atoms with Crippen molar-refractivity contribution >= 4 is 23.0 Å². The average Bonchev–Trinajstić information content (AvgIpc) is 2.43. The van der Waals surface area contributed by atoms with E-state index in [0.717, 1.165) is 31.7 Å². The van der Waals surface area contributed by atoms with Crippen molar-refractivity contribution < 1.29 is 4.74 Å². The zero-order valence-electron chi connectivity index (χ0n) is 11.9. The minimum absolute atomic E-state index is 0.681. The normalized spacial score (nSPS) is 10.2. The summed E-state index contributed by atoms with van der Waals surface area (Å²) in [5, 5.41) is 7.15. The lowest BCUT2D eigenvalue weighted by Gasteiger charge is -2.13. The predicted molar refractivity (Wildman–Crippen MR) is 85.8 cm³/mol. The Morgan fingerprint density at radius 3 is 2.79 bits per heavy atom. The number of benzene rings is 1. The molecular weight excluding hydrogens is 256 g/mol. The molecule has 0 unspecified atom stereocenters. The second-order valence-corrected chi connectivity index (χ2v) is 4.90. The van der Waals surface area contributed by atoms with Crippen LogP contribution in [0.5, 0.6) is 0 Å². The molecule has 0 saturated heterocycles. The Labute approximate surface area is 121 Å². The van der Waals surface area contributed by atoms with Gasteiger partial charge in [-0.15, -0.1) is 0 Å². The van der Waals surface area contributed by atoms with Crippen LogP contribution in [-0.2, 0) is 11.2 Å². The molecular formula is C15H24N2OS. The number of unbranched alkanes of at least 4 members (excludes halogenated alkanes) is 1. The fourth-order valence-corrected chi connectivity index (χ4v) is 2.02. The van der Waals surface area contributed by atoms with Gasteiger partial charge in [0.05, 0.1) is 0 Å². The van der Waals surface area contributed by atoms with Crippen molar-refractivity contribution in [2.75, 3.05) is 25.6 Å². The Kier molecular flexibility index (Phi) is 8.18. The molecule has 0 heterocycles. The van der Waals surface area contributed by atoms with Gasteiger partial charge in [0.15, 0.2) is 5.11 Å². The first-order valence-corrected chi connectivity index (χ1v) is 7.30. The fourth-order valence-electron chi connectivity index (χ4n) is 1.81. The summed E-state index contributed by atoms with van der Waals surface area (Å²) in [7, 11) is 1.71. The highest BCUT2D eigenvalue weighted by Crippen LogP contribution is 2.17. The van der Waals surface area contributed by atoms with E-state index in [2.05, 4.69) is 35.8 Å². The molecule has 0 bridgehead atoms. The Balaban J connectivity index is 2.44. The van der Waals surface area contributed by atoms with E-state index in [9.17, 15) is 0 Å². The minimum atomic E-state index is 0.681.